The molecular formula is C26H32ClN3O4S. The van der Waals surface area contributed by atoms with Crippen LogP contribution in [0, 0.1) is 5.92 Å². The zero-order valence-electron chi connectivity index (χ0n) is 19.8. The lowest BCUT2D eigenvalue weighted by molar-refractivity contribution is -0.120. The average molecular weight is 518 g/mol. The average Bonchev–Trinajstić information content (AvgIpc) is 3.15. The highest BCUT2D eigenvalue weighted by Crippen LogP contribution is 2.26. The molecule has 2 aliphatic heterocycles. The predicted molar refractivity (Wildman–Crippen MR) is 138 cm³/mol. The summed E-state index contributed by atoms with van der Waals surface area (Å²) < 4.78 is 27.2. The molecule has 7 nitrogen and oxygen atoms in total. The van der Waals surface area contributed by atoms with Gasteiger partial charge >= 0.3 is 0 Å². The number of benzene rings is 2. The molecule has 2 aliphatic rings. The minimum absolute atomic E-state index is 0.0525. The summed E-state index contributed by atoms with van der Waals surface area (Å²) in [6, 6.07) is 14.1. The van der Waals surface area contributed by atoms with E-state index in [9.17, 15) is 18.0 Å². The number of hydrogen-bond acceptors (Lipinski definition) is 4. The van der Waals surface area contributed by atoms with E-state index in [0.717, 1.165) is 38.8 Å². The molecular weight excluding hydrogens is 486 g/mol. The third kappa shape index (κ3) is 6.42. The van der Waals surface area contributed by atoms with Gasteiger partial charge in [0.15, 0.2) is 0 Å². The first-order valence-electron chi connectivity index (χ1n) is 12.3. The zero-order chi connectivity index (χ0) is 24.8. The number of halogens is 1. The van der Waals surface area contributed by atoms with Gasteiger partial charge in [-0.2, -0.15) is 0 Å². The molecule has 0 aromatic heterocycles. The van der Waals surface area contributed by atoms with Gasteiger partial charge in [-0.25, -0.2) is 12.7 Å². The maximum absolute atomic E-state index is 13.2. The number of carbonyl (C=O) groups is 2. The van der Waals surface area contributed by atoms with Crippen LogP contribution in [0.4, 0.5) is 5.69 Å². The van der Waals surface area contributed by atoms with Crippen molar-refractivity contribution in [3.8, 4) is 0 Å². The largest absolute Gasteiger partial charge is 0.339 e. The first-order valence-corrected chi connectivity index (χ1v) is 14.2. The summed E-state index contributed by atoms with van der Waals surface area (Å²) in [6.07, 6.45) is 5.12. The maximum Gasteiger partial charge on any atom is 0.255 e. The Hall–Kier alpha value is -2.42. The van der Waals surface area contributed by atoms with Crippen molar-refractivity contribution in [1.82, 2.24) is 9.21 Å². The van der Waals surface area contributed by atoms with Crippen LogP contribution < -0.4 is 5.32 Å². The smallest absolute Gasteiger partial charge is 0.255 e. The lowest BCUT2D eigenvalue weighted by Crippen LogP contribution is -2.42. The molecule has 2 amide bonds. The van der Waals surface area contributed by atoms with Crippen LogP contribution in [0.25, 0.3) is 0 Å². The van der Waals surface area contributed by atoms with Gasteiger partial charge in [-0.1, -0.05) is 54.8 Å². The molecule has 0 spiro atoms. The molecule has 2 aromatic rings. The molecule has 0 radical (unpaired) electrons. The second-order valence-corrected chi connectivity index (χ2v) is 11.6. The minimum Gasteiger partial charge on any atom is -0.339 e. The molecule has 0 unspecified atom stereocenters. The van der Waals surface area contributed by atoms with Crippen molar-refractivity contribution in [3.63, 3.8) is 0 Å². The van der Waals surface area contributed by atoms with Crippen LogP contribution in [-0.4, -0.2) is 55.6 Å². The Bertz CT molecular complexity index is 1150. The van der Waals surface area contributed by atoms with Gasteiger partial charge in [-0.05, 0) is 49.4 Å². The second kappa shape index (κ2) is 11.5. The summed E-state index contributed by atoms with van der Waals surface area (Å²) in [5, 5.41) is 3.37. The normalized spacial score (nSPS) is 18.1. The van der Waals surface area contributed by atoms with E-state index >= 15 is 0 Å². The number of likely N-dealkylation sites (tertiary alicyclic amines) is 1. The number of nitrogens with one attached hydrogen (secondary N) is 1. The second-order valence-electron chi connectivity index (χ2n) is 9.26. The van der Waals surface area contributed by atoms with Crippen LogP contribution >= 0.6 is 11.6 Å². The van der Waals surface area contributed by atoms with E-state index in [1.165, 1.54) is 4.31 Å². The van der Waals surface area contributed by atoms with Gasteiger partial charge in [-0.3, -0.25) is 9.59 Å². The Labute approximate surface area is 212 Å². The molecule has 0 saturated carbocycles. The summed E-state index contributed by atoms with van der Waals surface area (Å²) in [7, 11) is -3.53. The topological polar surface area (TPSA) is 86.8 Å². The summed E-state index contributed by atoms with van der Waals surface area (Å²) >= 11 is 6.14. The maximum atomic E-state index is 13.2. The molecule has 0 aliphatic carbocycles. The van der Waals surface area contributed by atoms with Gasteiger partial charge in [0, 0.05) is 37.1 Å². The van der Waals surface area contributed by atoms with Crippen molar-refractivity contribution >= 4 is 39.1 Å². The van der Waals surface area contributed by atoms with Crippen molar-refractivity contribution in [2.75, 3.05) is 31.5 Å². The Kier molecular flexibility index (Phi) is 8.46. The fourth-order valence-corrected chi connectivity index (χ4v) is 6.63. The third-order valence-electron chi connectivity index (χ3n) is 6.82. The fraction of sp³-hybridized carbons (Fsp3) is 0.462. The van der Waals surface area contributed by atoms with Crippen LogP contribution in [0.1, 0.15) is 54.4 Å². The highest BCUT2D eigenvalue weighted by molar-refractivity contribution is 7.88. The lowest BCUT2D eigenvalue weighted by Gasteiger charge is -2.31. The van der Waals surface area contributed by atoms with E-state index in [2.05, 4.69) is 5.32 Å². The molecule has 1 N–H and O–H groups in total. The van der Waals surface area contributed by atoms with E-state index < -0.39 is 10.0 Å². The van der Waals surface area contributed by atoms with Crippen molar-refractivity contribution in [2.45, 2.75) is 44.3 Å². The molecule has 2 heterocycles. The molecule has 0 bridgehead atoms. The fourth-order valence-electron chi connectivity index (χ4n) is 4.76. The van der Waals surface area contributed by atoms with E-state index in [0.29, 0.717) is 34.7 Å². The van der Waals surface area contributed by atoms with Gasteiger partial charge < -0.3 is 10.2 Å². The van der Waals surface area contributed by atoms with Crippen molar-refractivity contribution < 1.29 is 18.0 Å². The number of nitrogens with zero attached hydrogens (tertiary/aromatic N) is 2. The molecule has 2 aromatic carbocycles. The van der Waals surface area contributed by atoms with Crippen LogP contribution in [0.15, 0.2) is 48.5 Å². The molecule has 0 atom stereocenters. The van der Waals surface area contributed by atoms with Gasteiger partial charge in [0.1, 0.15) is 0 Å². The number of sulfonamides is 1. The SMILES string of the molecule is O=C(Nc1ccccc1C(=O)N1CCCCCC1)C1CCN(S(=O)(=O)Cc2ccccc2Cl)CC1. The Morgan fingerprint density at radius 3 is 2.20 bits per heavy atom. The number of rotatable bonds is 6. The van der Waals surface area contributed by atoms with Gasteiger partial charge in [0.25, 0.3) is 5.91 Å². The van der Waals surface area contributed by atoms with E-state index in [-0.39, 0.29) is 36.6 Å². The monoisotopic (exact) mass is 517 g/mol. The highest BCUT2D eigenvalue weighted by atomic mass is 35.5. The van der Waals surface area contributed by atoms with E-state index in [4.69, 9.17) is 11.6 Å². The van der Waals surface area contributed by atoms with Crippen molar-refractivity contribution in [3.05, 3.63) is 64.7 Å². The number of piperidine rings is 1. The van der Waals surface area contributed by atoms with Crippen molar-refractivity contribution in [1.29, 1.82) is 0 Å². The summed E-state index contributed by atoms with van der Waals surface area (Å²) in [5.41, 5.74) is 1.59. The Morgan fingerprint density at radius 2 is 1.51 bits per heavy atom. The predicted octanol–water partition coefficient (Wildman–Crippen LogP) is 4.54. The van der Waals surface area contributed by atoms with Gasteiger partial charge in [0.05, 0.1) is 17.0 Å². The molecule has 4 rings (SSSR count). The van der Waals surface area contributed by atoms with E-state index in [1.807, 2.05) is 11.0 Å². The summed E-state index contributed by atoms with van der Waals surface area (Å²) in [6.45, 7) is 2.03. The van der Waals surface area contributed by atoms with E-state index in [1.54, 1.807) is 42.5 Å². The van der Waals surface area contributed by atoms with Crippen LogP contribution in [0.2, 0.25) is 5.02 Å². The molecule has 188 valence electrons. The Balaban J connectivity index is 1.36. The standard InChI is InChI=1S/C26H32ClN3O4S/c27-23-11-5-3-9-21(23)19-35(33,34)30-17-13-20(14-18-30)25(31)28-24-12-6-4-10-22(24)26(32)29-15-7-1-2-8-16-29/h3-6,9-12,20H,1-2,7-8,13-19H2,(H,28,31). The van der Waals surface area contributed by atoms with Crippen LogP contribution in [-0.2, 0) is 20.6 Å². The van der Waals surface area contributed by atoms with Crippen LogP contribution in [0.3, 0.4) is 0 Å². The zero-order valence-corrected chi connectivity index (χ0v) is 21.4. The molecule has 35 heavy (non-hydrogen) atoms. The quantitative estimate of drug-likeness (QED) is 0.609. The highest BCUT2D eigenvalue weighted by Gasteiger charge is 2.32. The van der Waals surface area contributed by atoms with Crippen LogP contribution in [0.5, 0.6) is 0 Å². The number of para-hydroxylation sites is 1. The van der Waals surface area contributed by atoms with Gasteiger partial charge in [-0.15, -0.1) is 0 Å². The minimum atomic E-state index is -3.53. The molecule has 2 saturated heterocycles. The first-order chi connectivity index (χ1) is 16.8. The number of carbonyl (C=O) groups excluding carboxylic acids is 2. The summed E-state index contributed by atoms with van der Waals surface area (Å²) in [5.74, 6) is -0.703. The number of anilines is 1. The summed E-state index contributed by atoms with van der Waals surface area (Å²) in [4.78, 5) is 28.1. The van der Waals surface area contributed by atoms with Gasteiger partial charge in [0.2, 0.25) is 15.9 Å². The number of hydrogen-bond donors (Lipinski definition) is 1. The third-order valence-corrected chi connectivity index (χ3v) is 9.02. The van der Waals surface area contributed by atoms with Crippen molar-refractivity contribution in [2.24, 2.45) is 5.92 Å². The Morgan fingerprint density at radius 1 is 0.886 bits per heavy atom. The number of amides is 2. The molecule has 9 heteroatoms. The molecule has 2 fully saturated rings. The lowest BCUT2D eigenvalue weighted by atomic mass is 9.97. The first kappa shape index (κ1) is 25.7.